The highest BCUT2D eigenvalue weighted by Crippen LogP contribution is 2.30. The zero-order chi connectivity index (χ0) is 26.1. The second-order valence-electron chi connectivity index (χ2n) is 8.29. The van der Waals surface area contributed by atoms with Crippen LogP contribution < -0.4 is 5.32 Å². The van der Waals surface area contributed by atoms with E-state index in [1.54, 1.807) is 0 Å². The van der Waals surface area contributed by atoms with E-state index in [4.69, 9.17) is 0 Å². The molecule has 9 nitrogen and oxygen atoms in total. The predicted molar refractivity (Wildman–Crippen MR) is 118 cm³/mol. The smallest absolute Gasteiger partial charge is 0.349 e. The van der Waals surface area contributed by atoms with Crippen LogP contribution in [0.1, 0.15) is 24.9 Å². The van der Waals surface area contributed by atoms with Crippen LogP contribution in [-0.2, 0) is 27.5 Å². The first-order valence-corrected chi connectivity index (χ1v) is 12.1. The van der Waals surface area contributed by atoms with Crippen molar-refractivity contribution in [2.45, 2.75) is 37.0 Å². The van der Waals surface area contributed by atoms with Gasteiger partial charge in [-0.15, -0.1) is 0 Å². The SMILES string of the molecule is C[C@H]1C[C@@H](C(=O)NCc2cc(-c3cnc(C(F)(F)F)nc3)ncn2)N(S(=O)(=O)c2ccc(F)cc2)C1. The molecule has 1 N–H and O–H groups in total. The zero-order valence-electron chi connectivity index (χ0n) is 18.8. The van der Waals surface area contributed by atoms with E-state index >= 15 is 0 Å². The first-order valence-electron chi connectivity index (χ1n) is 10.7. The Balaban J connectivity index is 1.46. The van der Waals surface area contributed by atoms with E-state index in [2.05, 4.69) is 25.3 Å². The highest BCUT2D eigenvalue weighted by atomic mass is 32.2. The number of rotatable bonds is 6. The number of halogens is 4. The number of sulfonamides is 1. The van der Waals surface area contributed by atoms with Gasteiger partial charge >= 0.3 is 6.18 Å². The van der Waals surface area contributed by atoms with Crippen molar-refractivity contribution >= 4 is 15.9 Å². The van der Waals surface area contributed by atoms with Gasteiger partial charge in [0.1, 0.15) is 18.2 Å². The number of benzene rings is 1. The lowest BCUT2D eigenvalue weighted by molar-refractivity contribution is -0.145. The van der Waals surface area contributed by atoms with Gasteiger partial charge < -0.3 is 5.32 Å². The standard InChI is InChI=1S/C22H20F4N6O3S/c1-13-6-19(32(11-13)36(34,35)17-4-2-15(23)3-5-17)20(33)27-10-16-7-18(31-12-30-16)14-8-28-21(29-9-14)22(24,25)26/h2-5,7-9,12-13,19H,6,10-11H2,1H3,(H,27,33)/t13-,19-/m0/s1. The fourth-order valence-corrected chi connectivity index (χ4v) is 5.53. The third-order valence-corrected chi connectivity index (χ3v) is 7.45. The molecule has 1 amide bonds. The third-order valence-electron chi connectivity index (χ3n) is 5.56. The van der Waals surface area contributed by atoms with Gasteiger partial charge in [0.2, 0.25) is 21.8 Å². The summed E-state index contributed by atoms with van der Waals surface area (Å²) in [5.41, 5.74) is 0.810. The molecule has 36 heavy (non-hydrogen) atoms. The van der Waals surface area contributed by atoms with E-state index in [1.165, 1.54) is 12.4 Å². The molecule has 1 saturated heterocycles. The number of carbonyl (C=O) groups excluding carboxylic acids is 1. The maximum absolute atomic E-state index is 13.2. The number of carbonyl (C=O) groups is 1. The van der Waals surface area contributed by atoms with Crippen LogP contribution in [-0.4, -0.2) is 51.2 Å². The molecule has 3 aromatic rings. The minimum absolute atomic E-state index is 0.0782. The van der Waals surface area contributed by atoms with Crippen LogP contribution in [0.3, 0.4) is 0 Å². The highest BCUT2D eigenvalue weighted by molar-refractivity contribution is 7.89. The minimum Gasteiger partial charge on any atom is -0.349 e. The molecule has 1 aliphatic heterocycles. The van der Waals surface area contributed by atoms with Crippen LogP contribution in [0.2, 0.25) is 0 Å². The van der Waals surface area contributed by atoms with Gasteiger partial charge in [-0.05, 0) is 42.7 Å². The summed E-state index contributed by atoms with van der Waals surface area (Å²) in [5.74, 6) is -2.48. The van der Waals surface area contributed by atoms with Gasteiger partial charge in [0.25, 0.3) is 0 Å². The Hall–Kier alpha value is -3.52. The quantitative estimate of drug-likeness (QED) is 0.493. The summed E-state index contributed by atoms with van der Waals surface area (Å²) < 4.78 is 78.6. The number of hydrogen-bond acceptors (Lipinski definition) is 7. The molecule has 2 atom stereocenters. The summed E-state index contributed by atoms with van der Waals surface area (Å²) in [6.07, 6.45) is -1.23. The lowest BCUT2D eigenvalue weighted by atomic mass is 10.1. The summed E-state index contributed by atoms with van der Waals surface area (Å²) in [6, 6.07) is 4.86. The summed E-state index contributed by atoms with van der Waals surface area (Å²) in [5, 5.41) is 2.66. The molecule has 0 unspecified atom stereocenters. The van der Waals surface area contributed by atoms with Crippen LogP contribution in [0.5, 0.6) is 0 Å². The van der Waals surface area contributed by atoms with Crippen LogP contribution >= 0.6 is 0 Å². The Morgan fingerprint density at radius 3 is 2.42 bits per heavy atom. The molecule has 0 aliphatic carbocycles. The van der Waals surface area contributed by atoms with E-state index in [0.717, 1.165) is 41.0 Å². The number of hydrogen-bond donors (Lipinski definition) is 1. The molecule has 3 heterocycles. The summed E-state index contributed by atoms with van der Waals surface area (Å²) in [4.78, 5) is 27.5. The predicted octanol–water partition coefficient (Wildman–Crippen LogP) is 2.81. The van der Waals surface area contributed by atoms with E-state index in [-0.39, 0.29) is 35.2 Å². The van der Waals surface area contributed by atoms with Gasteiger partial charge in [0, 0.05) is 24.5 Å². The molecule has 1 fully saturated rings. The fourth-order valence-electron chi connectivity index (χ4n) is 3.81. The monoisotopic (exact) mass is 524 g/mol. The Bertz CT molecular complexity index is 1350. The van der Waals surface area contributed by atoms with Crippen molar-refractivity contribution in [3.63, 3.8) is 0 Å². The molecular formula is C22H20F4N6O3S. The second-order valence-corrected chi connectivity index (χ2v) is 10.2. The molecular weight excluding hydrogens is 504 g/mol. The molecule has 1 aliphatic rings. The maximum atomic E-state index is 13.2. The van der Waals surface area contributed by atoms with Gasteiger partial charge in [-0.1, -0.05) is 6.92 Å². The van der Waals surface area contributed by atoms with Gasteiger partial charge in [-0.3, -0.25) is 4.79 Å². The lowest BCUT2D eigenvalue weighted by Crippen LogP contribution is -2.45. The molecule has 0 saturated carbocycles. The van der Waals surface area contributed by atoms with Gasteiger partial charge in [-0.25, -0.2) is 32.7 Å². The number of nitrogens with one attached hydrogen (secondary N) is 1. The number of amides is 1. The van der Waals surface area contributed by atoms with Crippen molar-refractivity contribution in [2.24, 2.45) is 5.92 Å². The van der Waals surface area contributed by atoms with Crippen LogP contribution in [0.15, 0.2) is 53.9 Å². The molecule has 0 radical (unpaired) electrons. The lowest BCUT2D eigenvalue weighted by Gasteiger charge is -2.23. The average Bonchev–Trinajstić information content (AvgIpc) is 3.25. The van der Waals surface area contributed by atoms with Gasteiger partial charge in [0.05, 0.1) is 22.8 Å². The number of nitrogens with zero attached hydrogens (tertiary/aromatic N) is 5. The first-order chi connectivity index (χ1) is 16.9. The van der Waals surface area contributed by atoms with Crippen molar-refractivity contribution < 1.29 is 30.8 Å². The molecule has 0 spiro atoms. The maximum Gasteiger partial charge on any atom is 0.451 e. The third kappa shape index (κ3) is 5.49. The molecule has 2 aromatic heterocycles. The van der Waals surface area contributed by atoms with E-state index in [1.807, 2.05) is 6.92 Å². The Kier molecular flexibility index (Phi) is 7.00. The first kappa shape index (κ1) is 25.6. The van der Waals surface area contributed by atoms with Crippen molar-refractivity contribution in [3.05, 3.63) is 66.4 Å². The minimum atomic E-state index is -4.67. The topological polar surface area (TPSA) is 118 Å². The van der Waals surface area contributed by atoms with Crippen molar-refractivity contribution in [1.29, 1.82) is 0 Å². The van der Waals surface area contributed by atoms with Crippen molar-refractivity contribution in [1.82, 2.24) is 29.6 Å². The Labute approximate surface area is 203 Å². The largest absolute Gasteiger partial charge is 0.451 e. The van der Waals surface area contributed by atoms with Crippen LogP contribution in [0.25, 0.3) is 11.3 Å². The summed E-state index contributed by atoms with van der Waals surface area (Å²) >= 11 is 0. The fraction of sp³-hybridized carbons (Fsp3) is 0.318. The number of alkyl halides is 3. The van der Waals surface area contributed by atoms with Crippen LogP contribution in [0.4, 0.5) is 17.6 Å². The van der Waals surface area contributed by atoms with E-state index in [9.17, 15) is 30.8 Å². The molecule has 4 rings (SSSR count). The molecule has 0 bridgehead atoms. The Morgan fingerprint density at radius 2 is 1.78 bits per heavy atom. The molecule has 1 aromatic carbocycles. The molecule has 190 valence electrons. The molecule has 14 heteroatoms. The van der Waals surface area contributed by atoms with Crippen molar-refractivity contribution in [3.8, 4) is 11.3 Å². The number of aromatic nitrogens is 4. The highest BCUT2D eigenvalue weighted by Gasteiger charge is 2.42. The van der Waals surface area contributed by atoms with E-state index < -0.39 is 39.8 Å². The van der Waals surface area contributed by atoms with Crippen LogP contribution in [0, 0.1) is 11.7 Å². The zero-order valence-corrected chi connectivity index (χ0v) is 19.6. The van der Waals surface area contributed by atoms with E-state index in [0.29, 0.717) is 12.1 Å². The summed E-state index contributed by atoms with van der Waals surface area (Å²) in [7, 11) is -4.04. The normalized spacial score (nSPS) is 18.8. The second kappa shape index (κ2) is 9.85. The van der Waals surface area contributed by atoms with Crippen molar-refractivity contribution in [2.75, 3.05) is 6.54 Å². The Morgan fingerprint density at radius 1 is 1.11 bits per heavy atom. The van der Waals surface area contributed by atoms with Gasteiger partial charge in [-0.2, -0.15) is 17.5 Å². The summed E-state index contributed by atoms with van der Waals surface area (Å²) in [6.45, 7) is 1.87. The van der Waals surface area contributed by atoms with Gasteiger partial charge in [0.15, 0.2) is 0 Å². The average molecular weight is 525 g/mol.